The molecule has 0 bridgehead atoms. The molecule has 0 spiro atoms. The number of carboxylic acid groups (broad SMARTS) is 1. The topological polar surface area (TPSA) is 40.1 Å². The van der Waals surface area contributed by atoms with Crippen molar-refractivity contribution in [1.82, 2.24) is 0 Å². The van der Waals surface area contributed by atoms with Gasteiger partial charge >= 0.3 is 0 Å². The molecule has 0 amide bonds. The van der Waals surface area contributed by atoms with E-state index in [4.69, 9.17) is 9.90 Å². The molecular formula is C12H23NO2. The summed E-state index contributed by atoms with van der Waals surface area (Å²) in [6.07, 6.45) is 7.46. The zero-order valence-electron chi connectivity index (χ0n) is 10.2. The van der Waals surface area contributed by atoms with Gasteiger partial charge in [0.2, 0.25) is 0 Å². The molecule has 88 valence electrons. The van der Waals surface area contributed by atoms with Gasteiger partial charge in [-0.1, -0.05) is 6.08 Å². The number of piperidine rings is 1. The second-order valence-electron chi connectivity index (χ2n) is 4.67. The lowest BCUT2D eigenvalue weighted by molar-refractivity contribution is -0.919. The van der Waals surface area contributed by atoms with Crippen LogP contribution in [-0.2, 0) is 4.79 Å². The van der Waals surface area contributed by atoms with Crippen molar-refractivity contribution in [3.63, 3.8) is 0 Å². The fourth-order valence-corrected chi connectivity index (χ4v) is 2.03. The average Bonchev–Trinajstić information content (AvgIpc) is 2.08. The first kappa shape index (κ1) is 14.2. The van der Waals surface area contributed by atoms with Gasteiger partial charge in [-0.05, 0) is 26.2 Å². The van der Waals surface area contributed by atoms with E-state index in [1.165, 1.54) is 36.7 Å². The highest BCUT2D eigenvalue weighted by molar-refractivity contribution is 5.60. The summed E-state index contributed by atoms with van der Waals surface area (Å²) in [7, 11) is 4.68. The number of likely N-dealkylation sites (tertiary alicyclic amines) is 1. The van der Waals surface area contributed by atoms with E-state index in [1.54, 1.807) is 0 Å². The summed E-state index contributed by atoms with van der Waals surface area (Å²) in [5, 5.41) is 8.89. The molecule has 1 atom stereocenters. The van der Waals surface area contributed by atoms with Crippen molar-refractivity contribution in [3.05, 3.63) is 12.7 Å². The zero-order chi connectivity index (χ0) is 11.9. The van der Waals surface area contributed by atoms with Crippen LogP contribution in [0.5, 0.6) is 0 Å². The number of carbonyl (C=O) groups is 1. The number of carbonyl (C=O) groups excluding carboxylic acids is 1. The Morgan fingerprint density at radius 1 is 1.53 bits per heavy atom. The molecule has 1 saturated heterocycles. The summed E-state index contributed by atoms with van der Waals surface area (Å²) in [5.41, 5.74) is 0. The normalized spacial score (nSPS) is 23.5. The highest BCUT2D eigenvalue weighted by atomic mass is 16.4. The van der Waals surface area contributed by atoms with Crippen molar-refractivity contribution >= 4 is 5.97 Å². The molecule has 1 aliphatic heterocycles. The van der Waals surface area contributed by atoms with E-state index >= 15 is 0 Å². The van der Waals surface area contributed by atoms with Crippen LogP contribution in [0.3, 0.4) is 0 Å². The Morgan fingerprint density at radius 2 is 2.07 bits per heavy atom. The largest absolute Gasteiger partial charge is 0.550 e. The van der Waals surface area contributed by atoms with Crippen LogP contribution in [0.15, 0.2) is 12.7 Å². The van der Waals surface area contributed by atoms with E-state index in [0.29, 0.717) is 0 Å². The Morgan fingerprint density at radius 3 is 2.47 bits per heavy atom. The average molecular weight is 213 g/mol. The smallest absolute Gasteiger partial charge is 0.0921 e. The molecule has 0 N–H and O–H groups in total. The van der Waals surface area contributed by atoms with Crippen molar-refractivity contribution in [2.45, 2.75) is 38.6 Å². The van der Waals surface area contributed by atoms with Gasteiger partial charge in [-0.3, -0.25) is 0 Å². The van der Waals surface area contributed by atoms with Crippen LogP contribution in [0.4, 0.5) is 0 Å². The summed E-state index contributed by atoms with van der Waals surface area (Å²) in [6, 6.07) is 0.834. The maximum atomic E-state index is 8.89. The first-order valence-corrected chi connectivity index (χ1v) is 5.51. The van der Waals surface area contributed by atoms with Gasteiger partial charge in [0.1, 0.15) is 0 Å². The standard InChI is InChI=1S/C10H20N.C2H4O2/c1-4-7-10-8-5-6-9-11(10,2)3;1-2(3)4/h4,10H,1,5-9H2,2-3H3;1H3,(H,3,4)/q+1;/p-1. The summed E-state index contributed by atoms with van der Waals surface area (Å²) in [4.78, 5) is 8.89. The van der Waals surface area contributed by atoms with Gasteiger partial charge in [0.05, 0.1) is 26.7 Å². The predicted molar refractivity (Wildman–Crippen MR) is 60.1 cm³/mol. The van der Waals surface area contributed by atoms with E-state index in [9.17, 15) is 0 Å². The maximum Gasteiger partial charge on any atom is 0.0921 e. The SMILES string of the molecule is C=CCC1CCCC[N+]1(C)C.CC(=O)[O-]. The van der Waals surface area contributed by atoms with E-state index in [0.717, 1.165) is 13.0 Å². The van der Waals surface area contributed by atoms with Crippen molar-refractivity contribution in [1.29, 1.82) is 0 Å². The first-order chi connectivity index (χ1) is 6.90. The molecule has 1 heterocycles. The number of carboxylic acids is 1. The van der Waals surface area contributed by atoms with Gasteiger partial charge in [-0.2, -0.15) is 0 Å². The summed E-state index contributed by atoms with van der Waals surface area (Å²) in [6.45, 7) is 6.13. The molecule has 0 saturated carbocycles. The first-order valence-electron chi connectivity index (χ1n) is 5.51. The molecule has 1 unspecified atom stereocenters. The summed E-state index contributed by atoms with van der Waals surface area (Å²) >= 11 is 0. The molecule has 3 nitrogen and oxygen atoms in total. The third kappa shape index (κ3) is 6.28. The molecule has 15 heavy (non-hydrogen) atoms. The number of hydrogen-bond acceptors (Lipinski definition) is 2. The van der Waals surface area contributed by atoms with Gasteiger partial charge in [0.25, 0.3) is 0 Å². The minimum absolute atomic E-state index is 0.834. The molecular weight excluding hydrogens is 190 g/mol. The highest BCUT2D eigenvalue weighted by Gasteiger charge is 2.29. The fourth-order valence-electron chi connectivity index (χ4n) is 2.03. The van der Waals surface area contributed by atoms with E-state index in [1.807, 2.05) is 0 Å². The van der Waals surface area contributed by atoms with Crippen LogP contribution in [0.1, 0.15) is 32.6 Å². The number of hydrogen-bond donors (Lipinski definition) is 0. The molecule has 1 fully saturated rings. The van der Waals surface area contributed by atoms with Crippen molar-refractivity contribution in [3.8, 4) is 0 Å². The van der Waals surface area contributed by atoms with E-state index < -0.39 is 5.97 Å². The molecule has 3 heteroatoms. The number of aliphatic carboxylic acids is 1. The summed E-state index contributed by atoms with van der Waals surface area (Å²) < 4.78 is 1.20. The van der Waals surface area contributed by atoms with E-state index in [2.05, 4.69) is 26.8 Å². The van der Waals surface area contributed by atoms with Crippen LogP contribution in [-0.4, -0.2) is 37.1 Å². The quantitative estimate of drug-likeness (QED) is 0.506. The van der Waals surface area contributed by atoms with Gasteiger partial charge < -0.3 is 14.4 Å². The lowest BCUT2D eigenvalue weighted by Crippen LogP contribution is -2.51. The lowest BCUT2D eigenvalue weighted by Gasteiger charge is -2.41. The molecule has 0 aliphatic carbocycles. The zero-order valence-corrected chi connectivity index (χ0v) is 10.2. The van der Waals surface area contributed by atoms with Crippen LogP contribution < -0.4 is 5.11 Å². The Bertz CT molecular complexity index is 208. The van der Waals surface area contributed by atoms with Crippen molar-refractivity contribution in [2.24, 2.45) is 0 Å². The lowest BCUT2D eigenvalue weighted by atomic mass is 9.98. The highest BCUT2D eigenvalue weighted by Crippen LogP contribution is 2.23. The van der Waals surface area contributed by atoms with Crippen molar-refractivity contribution < 1.29 is 14.4 Å². The number of rotatable bonds is 2. The van der Waals surface area contributed by atoms with Gasteiger partial charge in [-0.15, -0.1) is 6.58 Å². The molecule has 0 radical (unpaired) electrons. The second-order valence-corrected chi connectivity index (χ2v) is 4.67. The molecule has 0 aromatic heterocycles. The molecule has 0 aromatic rings. The van der Waals surface area contributed by atoms with Crippen LogP contribution >= 0.6 is 0 Å². The van der Waals surface area contributed by atoms with Gasteiger partial charge in [0.15, 0.2) is 0 Å². The van der Waals surface area contributed by atoms with E-state index in [-0.39, 0.29) is 0 Å². The minimum Gasteiger partial charge on any atom is -0.550 e. The molecule has 1 rings (SSSR count). The Labute approximate surface area is 93.0 Å². The monoisotopic (exact) mass is 213 g/mol. The Hall–Kier alpha value is -0.830. The van der Waals surface area contributed by atoms with Gasteiger partial charge in [-0.25, -0.2) is 0 Å². The molecule has 1 aliphatic rings. The van der Waals surface area contributed by atoms with Gasteiger partial charge in [0, 0.05) is 12.4 Å². The minimum atomic E-state index is -1.08. The maximum absolute atomic E-state index is 8.89. The van der Waals surface area contributed by atoms with Crippen LogP contribution in [0.2, 0.25) is 0 Å². The Kier molecular flexibility index (Phi) is 6.25. The fraction of sp³-hybridized carbons (Fsp3) is 0.750. The van der Waals surface area contributed by atoms with Crippen molar-refractivity contribution in [2.75, 3.05) is 20.6 Å². The number of quaternary nitrogens is 1. The molecule has 0 aromatic carbocycles. The Balaban J connectivity index is 0.000000423. The second kappa shape index (κ2) is 6.62. The third-order valence-electron chi connectivity index (χ3n) is 2.95. The van der Waals surface area contributed by atoms with Crippen LogP contribution in [0, 0.1) is 0 Å². The summed E-state index contributed by atoms with van der Waals surface area (Å²) in [5.74, 6) is -1.08. The predicted octanol–water partition coefficient (Wildman–Crippen LogP) is 0.948. The third-order valence-corrected chi connectivity index (χ3v) is 2.95. The van der Waals surface area contributed by atoms with Crippen LogP contribution in [0.25, 0.3) is 0 Å². The number of nitrogens with zero attached hydrogens (tertiary/aromatic N) is 1.